The molecule has 214 valence electrons. The van der Waals surface area contributed by atoms with Crippen LogP contribution in [0.4, 0.5) is 0 Å². The van der Waals surface area contributed by atoms with Gasteiger partial charge >= 0.3 is 0 Å². The zero-order valence-corrected chi connectivity index (χ0v) is 24.6. The predicted molar refractivity (Wildman–Crippen MR) is 160 cm³/mol. The van der Waals surface area contributed by atoms with Gasteiger partial charge in [-0.25, -0.2) is 0 Å². The second-order valence-corrected chi connectivity index (χ2v) is 11.8. The topological polar surface area (TPSA) is 40.2 Å². The molecule has 2 saturated heterocycles. The number of rotatable bonds is 4. The summed E-state index contributed by atoms with van der Waals surface area (Å²) in [6, 6.07) is 14.5. The molecule has 2 aliphatic carbocycles. The van der Waals surface area contributed by atoms with Crippen molar-refractivity contribution < 1.29 is 9.47 Å². The molecular formula is C33H50N4O2. The summed E-state index contributed by atoms with van der Waals surface area (Å²) in [7, 11) is 5.76. The van der Waals surface area contributed by atoms with E-state index in [1.165, 1.54) is 113 Å². The number of fused-ring (bicyclic) bond motifs is 2. The summed E-state index contributed by atoms with van der Waals surface area (Å²) >= 11 is 0. The average molecular weight is 535 g/mol. The van der Waals surface area contributed by atoms with Gasteiger partial charge in [0.25, 0.3) is 0 Å². The number of aryl methyl sites for hydroxylation is 2. The average Bonchev–Trinajstić information content (AvgIpc) is 3.39. The van der Waals surface area contributed by atoms with Gasteiger partial charge in [-0.3, -0.25) is 9.80 Å². The van der Waals surface area contributed by atoms with Crippen LogP contribution >= 0.6 is 0 Å². The minimum Gasteiger partial charge on any atom is -0.497 e. The Kier molecular flexibility index (Phi) is 10.2. The molecule has 39 heavy (non-hydrogen) atoms. The lowest BCUT2D eigenvalue weighted by atomic mass is 9.86. The molecule has 1 N–H and O–H groups in total. The molecule has 0 aromatic heterocycles. The molecule has 0 radical (unpaired) electrons. The number of hydrogen-bond acceptors (Lipinski definition) is 6. The van der Waals surface area contributed by atoms with Crippen LogP contribution in [-0.2, 0) is 12.8 Å². The first-order chi connectivity index (χ1) is 19.2. The molecule has 2 unspecified atom stereocenters. The second kappa shape index (κ2) is 14.0. The minimum absolute atomic E-state index is 0.596. The molecule has 2 aromatic carbocycles. The predicted octanol–water partition coefficient (Wildman–Crippen LogP) is 5.08. The minimum atomic E-state index is 0.596. The summed E-state index contributed by atoms with van der Waals surface area (Å²) in [5, 5.41) is 3.50. The van der Waals surface area contributed by atoms with Crippen molar-refractivity contribution in [1.82, 2.24) is 20.0 Å². The van der Waals surface area contributed by atoms with Crippen molar-refractivity contribution in [3.63, 3.8) is 0 Å². The summed E-state index contributed by atoms with van der Waals surface area (Å²) in [4.78, 5) is 7.81. The third kappa shape index (κ3) is 7.15. The molecule has 0 spiro atoms. The summed E-state index contributed by atoms with van der Waals surface area (Å²) in [6.07, 6.45) is 10.2. The third-order valence-corrected chi connectivity index (χ3v) is 9.28. The molecule has 2 atom stereocenters. The molecule has 6 rings (SSSR count). The first-order valence-corrected chi connectivity index (χ1v) is 15.4. The Hall–Kier alpha value is -2.12. The lowest BCUT2D eigenvalue weighted by Crippen LogP contribution is -2.34. The summed E-state index contributed by atoms with van der Waals surface area (Å²) in [5.74, 6) is 2.00. The molecule has 4 aliphatic rings. The van der Waals surface area contributed by atoms with Crippen LogP contribution in [-0.4, -0.2) is 88.3 Å². The van der Waals surface area contributed by atoms with E-state index in [1.54, 1.807) is 14.2 Å². The molecule has 2 aromatic rings. The number of methoxy groups -OCH3 is 2. The number of ether oxygens (including phenoxy) is 2. The molecule has 0 amide bonds. The van der Waals surface area contributed by atoms with Crippen LogP contribution in [0.15, 0.2) is 36.4 Å². The zero-order chi connectivity index (χ0) is 27.0. The van der Waals surface area contributed by atoms with E-state index in [0.29, 0.717) is 12.1 Å². The van der Waals surface area contributed by atoms with Gasteiger partial charge in [-0.15, -0.1) is 0 Å². The van der Waals surface area contributed by atoms with E-state index in [1.807, 2.05) is 0 Å². The number of nitrogens with zero attached hydrogens (tertiary/aromatic N) is 3. The molecule has 6 nitrogen and oxygen atoms in total. The van der Waals surface area contributed by atoms with Crippen molar-refractivity contribution in [2.45, 2.75) is 63.5 Å². The molecule has 0 bridgehead atoms. The number of hydrogen-bond donors (Lipinski definition) is 1. The first kappa shape index (κ1) is 28.4. The normalized spacial score (nSPS) is 24.8. The Morgan fingerprint density at radius 1 is 0.641 bits per heavy atom. The Morgan fingerprint density at radius 3 is 1.85 bits per heavy atom. The molecular weight excluding hydrogens is 484 g/mol. The molecule has 0 saturated carbocycles. The summed E-state index contributed by atoms with van der Waals surface area (Å²) in [5.41, 5.74) is 6.07. The Balaban J connectivity index is 0.000000158. The fourth-order valence-electron chi connectivity index (χ4n) is 7.07. The van der Waals surface area contributed by atoms with Crippen molar-refractivity contribution in [1.29, 1.82) is 0 Å². The van der Waals surface area contributed by atoms with Crippen molar-refractivity contribution in [2.24, 2.45) is 0 Å². The Labute approximate surface area is 236 Å². The van der Waals surface area contributed by atoms with Crippen LogP contribution in [0.2, 0.25) is 0 Å². The fraction of sp³-hybridized carbons (Fsp3) is 0.636. The van der Waals surface area contributed by atoms with E-state index < -0.39 is 0 Å². The van der Waals surface area contributed by atoms with E-state index in [2.05, 4.69) is 63.5 Å². The van der Waals surface area contributed by atoms with Gasteiger partial charge in [0.2, 0.25) is 0 Å². The SMILES string of the molecule is COc1ccc2c(c1)C(N1CCCN(C)CC1)CCC2.COc1ccc2c(c1)C(N1CCCNCC1)CCC2. The van der Waals surface area contributed by atoms with E-state index in [9.17, 15) is 0 Å². The van der Waals surface area contributed by atoms with E-state index >= 15 is 0 Å². The van der Waals surface area contributed by atoms with Crippen LogP contribution in [0.25, 0.3) is 0 Å². The zero-order valence-electron chi connectivity index (χ0n) is 24.6. The van der Waals surface area contributed by atoms with Gasteiger partial charge in [-0.2, -0.15) is 0 Å². The van der Waals surface area contributed by atoms with E-state index in [0.717, 1.165) is 24.6 Å². The molecule has 2 fully saturated rings. The molecule has 2 heterocycles. The van der Waals surface area contributed by atoms with Crippen LogP contribution < -0.4 is 14.8 Å². The fourth-order valence-corrected chi connectivity index (χ4v) is 7.07. The third-order valence-electron chi connectivity index (χ3n) is 9.28. The highest BCUT2D eigenvalue weighted by atomic mass is 16.5. The number of likely N-dealkylation sites (N-methyl/N-ethyl adjacent to an activating group) is 1. The van der Waals surface area contributed by atoms with E-state index in [-0.39, 0.29) is 0 Å². The van der Waals surface area contributed by atoms with Gasteiger partial charge in [-0.1, -0.05) is 12.1 Å². The van der Waals surface area contributed by atoms with Gasteiger partial charge in [0, 0.05) is 51.4 Å². The molecule has 6 heteroatoms. The van der Waals surface area contributed by atoms with Gasteiger partial charge in [0.05, 0.1) is 14.2 Å². The quantitative estimate of drug-likeness (QED) is 0.590. The van der Waals surface area contributed by atoms with Crippen molar-refractivity contribution in [3.05, 3.63) is 58.7 Å². The number of nitrogens with one attached hydrogen (secondary N) is 1. The maximum atomic E-state index is 5.43. The number of benzene rings is 2. The van der Waals surface area contributed by atoms with Gasteiger partial charge < -0.3 is 19.7 Å². The maximum Gasteiger partial charge on any atom is 0.119 e. The smallest absolute Gasteiger partial charge is 0.119 e. The van der Waals surface area contributed by atoms with E-state index in [4.69, 9.17) is 9.47 Å². The first-order valence-electron chi connectivity index (χ1n) is 15.4. The van der Waals surface area contributed by atoms with Gasteiger partial charge in [-0.05, 0) is 118 Å². The van der Waals surface area contributed by atoms with Gasteiger partial charge in [0.15, 0.2) is 0 Å². The second-order valence-electron chi connectivity index (χ2n) is 11.8. The highest BCUT2D eigenvalue weighted by Crippen LogP contribution is 2.38. The Morgan fingerprint density at radius 2 is 1.23 bits per heavy atom. The largest absolute Gasteiger partial charge is 0.497 e. The highest BCUT2D eigenvalue weighted by Gasteiger charge is 2.28. The summed E-state index contributed by atoms with van der Waals surface area (Å²) in [6.45, 7) is 9.51. The highest BCUT2D eigenvalue weighted by molar-refractivity contribution is 5.40. The van der Waals surface area contributed by atoms with Crippen LogP contribution in [0.3, 0.4) is 0 Å². The van der Waals surface area contributed by atoms with Gasteiger partial charge in [0.1, 0.15) is 11.5 Å². The van der Waals surface area contributed by atoms with Crippen molar-refractivity contribution in [3.8, 4) is 11.5 Å². The lowest BCUT2D eigenvalue weighted by molar-refractivity contribution is 0.184. The van der Waals surface area contributed by atoms with Crippen molar-refractivity contribution >= 4 is 0 Å². The lowest BCUT2D eigenvalue weighted by Gasteiger charge is -2.35. The summed E-state index contributed by atoms with van der Waals surface area (Å²) < 4.78 is 10.8. The van der Waals surface area contributed by atoms with Crippen LogP contribution in [0.5, 0.6) is 11.5 Å². The van der Waals surface area contributed by atoms with Crippen molar-refractivity contribution in [2.75, 3.05) is 73.6 Å². The van der Waals surface area contributed by atoms with Crippen LogP contribution in [0, 0.1) is 0 Å². The van der Waals surface area contributed by atoms with Crippen LogP contribution in [0.1, 0.15) is 72.9 Å². The monoisotopic (exact) mass is 534 g/mol. The standard InChI is InChI=1S/C17H26N2O.C16H24N2O/c1-18-9-4-10-19(12-11-18)17-6-3-5-14-7-8-15(20-2)13-16(14)17;1-19-14-7-6-13-4-2-5-16(15(13)12-14)18-10-3-8-17-9-11-18/h7-8,13,17H,3-6,9-12H2,1-2H3;6-7,12,16-17H,2-5,8-11H2,1H3. The Bertz CT molecular complexity index is 1050. The molecule has 2 aliphatic heterocycles. The maximum absolute atomic E-state index is 5.43.